The van der Waals surface area contributed by atoms with Gasteiger partial charge in [0.2, 0.25) is 5.91 Å². The second kappa shape index (κ2) is 6.37. The van der Waals surface area contributed by atoms with Crippen molar-refractivity contribution in [2.24, 2.45) is 11.8 Å². The Morgan fingerprint density at radius 3 is 2.78 bits per heavy atom. The minimum absolute atomic E-state index is 0.00794. The van der Waals surface area contributed by atoms with Gasteiger partial charge in [0.1, 0.15) is 11.5 Å². The summed E-state index contributed by atoms with van der Waals surface area (Å²) in [4.78, 5) is 17.7. The number of nitrogens with one attached hydrogen (secondary N) is 1. The summed E-state index contributed by atoms with van der Waals surface area (Å²) in [5.41, 5.74) is -0.893. The number of hydrogen-bond acceptors (Lipinski definition) is 3. The molecule has 4 nitrogen and oxygen atoms in total. The van der Waals surface area contributed by atoms with Crippen LogP contribution in [0.2, 0.25) is 0 Å². The van der Waals surface area contributed by atoms with Crippen molar-refractivity contribution in [3.63, 3.8) is 0 Å². The van der Waals surface area contributed by atoms with Gasteiger partial charge in [-0.15, -0.1) is 0 Å². The highest BCUT2D eigenvalue weighted by Gasteiger charge is 2.34. The number of alkyl halides is 3. The summed E-state index contributed by atoms with van der Waals surface area (Å²) < 4.78 is 38.3. The SMILES string of the molecule is O=C(NCC1CC1)[C@@H]1CCCN(c2cccc(C(F)(F)F)n2)C1. The first kappa shape index (κ1) is 16.1. The summed E-state index contributed by atoms with van der Waals surface area (Å²) in [5, 5.41) is 2.96. The van der Waals surface area contributed by atoms with Crippen LogP contribution in [0.5, 0.6) is 0 Å². The van der Waals surface area contributed by atoms with Gasteiger partial charge in [-0.3, -0.25) is 4.79 Å². The molecule has 1 aliphatic carbocycles. The maximum absolute atomic E-state index is 12.8. The maximum atomic E-state index is 12.8. The normalized spacial score (nSPS) is 22.0. The molecule has 3 rings (SSSR count). The van der Waals surface area contributed by atoms with Crippen molar-refractivity contribution in [1.29, 1.82) is 0 Å². The molecule has 1 saturated heterocycles. The van der Waals surface area contributed by atoms with Gasteiger partial charge in [0.05, 0.1) is 5.92 Å². The lowest BCUT2D eigenvalue weighted by Gasteiger charge is -2.33. The molecule has 1 saturated carbocycles. The number of hydrogen-bond donors (Lipinski definition) is 1. The van der Waals surface area contributed by atoms with Crippen LogP contribution in [0.15, 0.2) is 18.2 Å². The van der Waals surface area contributed by atoms with E-state index in [4.69, 9.17) is 0 Å². The largest absolute Gasteiger partial charge is 0.433 e. The third kappa shape index (κ3) is 4.14. The lowest BCUT2D eigenvalue weighted by atomic mass is 9.97. The van der Waals surface area contributed by atoms with Gasteiger partial charge in [-0.1, -0.05) is 6.07 Å². The number of carbonyl (C=O) groups excluding carboxylic acids is 1. The average molecular weight is 327 g/mol. The highest BCUT2D eigenvalue weighted by atomic mass is 19.4. The molecule has 0 aromatic carbocycles. The van der Waals surface area contributed by atoms with Crippen LogP contribution in [0.3, 0.4) is 0 Å². The van der Waals surface area contributed by atoms with Crippen LogP contribution >= 0.6 is 0 Å². The number of aromatic nitrogens is 1. The highest BCUT2D eigenvalue weighted by molar-refractivity contribution is 5.79. The minimum atomic E-state index is -4.45. The maximum Gasteiger partial charge on any atom is 0.433 e. The first-order valence-electron chi connectivity index (χ1n) is 8.00. The fraction of sp³-hybridized carbons (Fsp3) is 0.625. The van der Waals surface area contributed by atoms with Gasteiger partial charge < -0.3 is 10.2 Å². The zero-order chi connectivity index (χ0) is 16.4. The number of amides is 1. The molecule has 2 aliphatic rings. The van der Waals surface area contributed by atoms with Crippen LogP contribution in [0, 0.1) is 11.8 Å². The summed E-state index contributed by atoms with van der Waals surface area (Å²) in [6.07, 6.45) is -0.561. The Bertz CT molecular complexity index is 572. The van der Waals surface area contributed by atoms with Gasteiger partial charge in [0, 0.05) is 19.6 Å². The molecule has 0 bridgehead atoms. The lowest BCUT2D eigenvalue weighted by molar-refractivity contribution is -0.141. The predicted octanol–water partition coefficient (Wildman–Crippen LogP) is 2.84. The van der Waals surface area contributed by atoms with Gasteiger partial charge in [-0.05, 0) is 43.7 Å². The van der Waals surface area contributed by atoms with Crippen LogP contribution in [-0.4, -0.2) is 30.5 Å². The molecular formula is C16H20F3N3O. The minimum Gasteiger partial charge on any atom is -0.356 e. The zero-order valence-electron chi connectivity index (χ0n) is 12.8. The molecule has 1 amide bonds. The van der Waals surface area contributed by atoms with E-state index in [-0.39, 0.29) is 11.8 Å². The molecule has 7 heteroatoms. The second-order valence-electron chi connectivity index (χ2n) is 6.35. The van der Waals surface area contributed by atoms with E-state index in [1.54, 1.807) is 11.0 Å². The van der Waals surface area contributed by atoms with Gasteiger partial charge in [-0.25, -0.2) is 4.98 Å². The molecule has 1 aliphatic heterocycles. The first-order valence-corrected chi connectivity index (χ1v) is 8.00. The van der Waals surface area contributed by atoms with Crippen LogP contribution in [0.25, 0.3) is 0 Å². The van der Waals surface area contributed by atoms with Crippen molar-refractivity contribution in [3.8, 4) is 0 Å². The van der Waals surface area contributed by atoms with Crippen LogP contribution < -0.4 is 10.2 Å². The second-order valence-corrected chi connectivity index (χ2v) is 6.35. The molecule has 1 aromatic heterocycles. The van der Waals surface area contributed by atoms with Crippen LogP contribution in [0.1, 0.15) is 31.4 Å². The Balaban J connectivity index is 1.64. The fourth-order valence-electron chi connectivity index (χ4n) is 2.87. The number of anilines is 1. The number of piperidine rings is 1. The summed E-state index contributed by atoms with van der Waals surface area (Å²) in [6, 6.07) is 3.90. The van der Waals surface area contributed by atoms with Crippen LogP contribution in [0.4, 0.5) is 19.0 Å². The third-order valence-corrected chi connectivity index (χ3v) is 4.40. The smallest absolute Gasteiger partial charge is 0.356 e. The van der Waals surface area contributed by atoms with Crippen molar-refractivity contribution in [3.05, 3.63) is 23.9 Å². The van der Waals surface area contributed by atoms with Gasteiger partial charge >= 0.3 is 6.18 Å². The number of pyridine rings is 1. The fourth-order valence-corrected chi connectivity index (χ4v) is 2.87. The standard InChI is InChI=1S/C16H20F3N3O/c17-16(18,19)13-4-1-5-14(21-13)22-8-2-3-12(10-22)15(23)20-9-11-6-7-11/h1,4-5,11-12H,2-3,6-10H2,(H,20,23)/t12-/m1/s1. The van der Waals surface area contributed by atoms with Crippen molar-refractivity contribution in [2.75, 3.05) is 24.5 Å². The third-order valence-electron chi connectivity index (χ3n) is 4.40. The predicted molar refractivity (Wildman–Crippen MR) is 79.9 cm³/mol. The number of halogens is 3. The average Bonchev–Trinajstić information content (AvgIpc) is 3.36. The zero-order valence-corrected chi connectivity index (χ0v) is 12.8. The van der Waals surface area contributed by atoms with E-state index < -0.39 is 11.9 Å². The van der Waals surface area contributed by atoms with E-state index in [9.17, 15) is 18.0 Å². The quantitative estimate of drug-likeness (QED) is 0.925. The topological polar surface area (TPSA) is 45.2 Å². The van der Waals surface area contributed by atoms with E-state index in [0.29, 0.717) is 24.8 Å². The Morgan fingerprint density at radius 2 is 2.09 bits per heavy atom. The van der Waals surface area contributed by atoms with E-state index in [0.717, 1.165) is 25.5 Å². The monoisotopic (exact) mass is 327 g/mol. The van der Waals surface area contributed by atoms with E-state index >= 15 is 0 Å². The van der Waals surface area contributed by atoms with E-state index in [1.165, 1.54) is 18.9 Å². The van der Waals surface area contributed by atoms with Crippen molar-refractivity contribution in [2.45, 2.75) is 31.9 Å². The van der Waals surface area contributed by atoms with Crippen LogP contribution in [-0.2, 0) is 11.0 Å². The molecule has 1 atom stereocenters. The molecule has 0 radical (unpaired) electrons. The molecular weight excluding hydrogens is 307 g/mol. The van der Waals surface area contributed by atoms with Crippen molar-refractivity contribution in [1.82, 2.24) is 10.3 Å². The van der Waals surface area contributed by atoms with E-state index in [2.05, 4.69) is 10.3 Å². The number of rotatable bonds is 4. The van der Waals surface area contributed by atoms with Gasteiger partial charge in [0.25, 0.3) is 0 Å². The van der Waals surface area contributed by atoms with Gasteiger partial charge in [-0.2, -0.15) is 13.2 Å². The Kier molecular flexibility index (Phi) is 4.46. The Morgan fingerprint density at radius 1 is 1.30 bits per heavy atom. The summed E-state index contributed by atoms with van der Waals surface area (Å²) in [5.74, 6) is 0.732. The van der Waals surface area contributed by atoms with Crippen molar-refractivity contribution < 1.29 is 18.0 Å². The van der Waals surface area contributed by atoms with E-state index in [1.807, 2.05) is 0 Å². The molecule has 126 valence electrons. The molecule has 2 heterocycles. The molecule has 0 unspecified atom stereocenters. The Hall–Kier alpha value is -1.79. The first-order chi connectivity index (χ1) is 10.9. The highest BCUT2D eigenvalue weighted by Crippen LogP contribution is 2.30. The summed E-state index contributed by atoms with van der Waals surface area (Å²) in [7, 11) is 0. The molecule has 1 N–H and O–H groups in total. The summed E-state index contributed by atoms with van der Waals surface area (Å²) in [6.45, 7) is 1.77. The lowest BCUT2D eigenvalue weighted by Crippen LogP contribution is -2.44. The van der Waals surface area contributed by atoms with Crippen molar-refractivity contribution >= 4 is 11.7 Å². The van der Waals surface area contributed by atoms with Gasteiger partial charge in [0.15, 0.2) is 0 Å². The molecule has 0 spiro atoms. The molecule has 1 aromatic rings. The number of nitrogens with zero attached hydrogens (tertiary/aromatic N) is 2. The number of carbonyl (C=O) groups is 1. The summed E-state index contributed by atoms with van der Waals surface area (Å²) >= 11 is 0. The molecule has 2 fully saturated rings. The Labute approximate surface area is 133 Å². The molecule has 23 heavy (non-hydrogen) atoms.